The van der Waals surface area contributed by atoms with Gasteiger partial charge in [0.05, 0.1) is 12.6 Å². The maximum absolute atomic E-state index is 12.3. The molecule has 0 spiro atoms. The van der Waals surface area contributed by atoms with Crippen LogP contribution in [0.2, 0.25) is 0 Å². The van der Waals surface area contributed by atoms with Gasteiger partial charge in [0.15, 0.2) is 0 Å². The number of phenolic OH excluding ortho intramolecular Hbond substituents is 1. The van der Waals surface area contributed by atoms with Crippen molar-refractivity contribution in [3.8, 4) is 5.75 Å². The molecule has 0 radical (unpaired) electrons. The van der Waals surface area contributed by atoms with E-state index in [4.69, 9.17) is 5.73 Å². The highest BCUT2D eigenvalue weighted by atomic mass is 16.3. The third kappa shape index (κ3) is 5.07. The van der Waals surface area contributed by atoms with Crippen LogP contribution in [0, 0.1) is 0 Å². The Morgan fingerprint density at radius 1 is 1.24 bits per heavy atom. The summed E-state index contributed by atoms with van der Waals surface area (Å²) in [6, 6.07) is 5.86. The second kappa shape index (κ2) is 7.64. The minimum atomic E-state index is -0.704. The number of rotatable bonds is 6. The lowest BCUT2D eigenvalue weighted by atomic mass is 10.1. The summed E-state index contributed by atoms with van der Waals surface area (Å²) in [5.74, 6) is -0.215. The summed E-state index contributed by atoms with van der Waals surface area (Å²) in [5.41, 5.74) is 6.80. The predicted molar refractivity (Wildman–Crippen MR) is 80.7 cm³/mol. The van der Waals surface area contributed by atoms with E-state index in [-0.39, 0.29) is 24.1 Å². The van der Waals surface area contributed by atoms with Crippen molar-refractivity contribution < 1.29 is 14.7 Å². The molecule has 0 aliphatic carbocycles. The minimum Gasteiger partial charge on any atom is -0.508 e. The summed E-state index contributed by atoms with van der Waals surface area (Å²) < 4.78 is 0. The molecule has 3 N–H and O–H groups in total. The lowest BCUT2D eigenvalue weighted by Crippen LogP contribution is -2.48. The van der Waals surface area contributed by atoms with Gasteiger partial charge in [0.2, 0.25) is 11.8 Å². The van der Waals surface area contributed by atoms with Crippen molar-refractivity contribution in [1.82, 2.24) is 9.80 Å². The van der Waals surface area contributed by atoms with Gasteiger partial charge in [0.1, 0.15) is 5.75 Å². The third-order valence-corrected chi connectivity index (χ3v) is 3.23. The quantitative estimate of drug-likeness (QED) is 0.784. The normalized spacial score (nSPS) is 11.8. The van der Waals surface area contributed by atoms with E-state index in [1.54, 1.807) is 38.4 Å². The first-order valence-electron chi connectivity index (χ1n) is 6.87. The molecule has 0 aliphatic heterocycles. The number of nitrogens with two attached hydrogens (primary N) is 1. The Labute approximate surface area is 125 Å². The molecule has 0 heterocycles. The number of benzene rings is 1. The number of carbonyl (C=O) groups is 2. The van der Waals surface area contributed by atoms with Crippen LogP contribution in [0.5, 0.6) is 5.75 Å². The summed E-state index contributed by atoms with van der Waals surface area (Å²) in [4.78, 5) is 26.9. The van der Waals surface area contributed by atoms with Gasteiger partial charge in [-0.2, -0.15) is 0 Å². The second-order valence-electron chi connectivity index (χ2n) is 5.12. The highest BCUT2D eigenvalue weighted by Gasteiger charge is 2.22. The monoisotopic (exact) mass is 293 g/mol. The highest BCUT2D eigenvalue weighted by molar-refractivity contribution is 5.87. The molecule has 0 fully saturated rings. The fraction of sp³-hybridized carbons (Fsp3) is 0.467. The van der Waals surface area contributed by atoms with E-state index in [2.05, 4.69) is 0 Å². The van der Waals surface area contributed by atoms with Crippen molar-refractivity contribution in [3.05, 3.63) is 29.8 Å². The second-order valence-corrected chi connectivity index (χ2v) is 5.12. The van der Waals surface area contributed by atoms with Gasteiger partial charge in [-0.05, 0) is 31.0 Å². The van der Waals surface area contributed by atoms with Gasteiger partial charge in [-0.25, -0.2) is 0 Å². The van der Waals surface area contributed by atoms with Gasteiger partial charge in [0.25, 0.3) is 0 Å². The topological polar surface area (TPSA) is 86.9 Å². The zero-order valence-corrected chi connectivity index (χ0v) is 12.7. The molecule has 116 valence electrons. The molecule has 0 aromatic heterocycles. The van der Waals surface area contributed by atoms with Gasteiger partial charge in [0, 0.05) is 20.6 Å². The molecule has 6 nitrogen and oxygen atoms in total. The van der Waals surface area contributed by atoms with Gasteiger partial charge in [-0.15, -0.1) is 0 Å². The van der Waals surface area contributed by atoms with E-state index in [1.165, 1.54) is 9.80 Å². The van der Waals surface area contributed by atoms with E-state index < -0.39 is 6.04 Å². The van der Waals surface area contributed by atoms with Crippen molar-refractivity contribution in [2.45, 2.75) is 19.4 Å². The fourth-order valence-corrected chi connectivity index (χ4v) is 1.86. The summed E-state index contributed by atoms with van der Waals surface area (Å²) in [5, 5.41) is 9.23. The number of aromatic hydroxyl groups is 1. The number of phenols is 1. The SMILES string of the molecule is CCN(CC(=O)N(C)C)C(=O)[C@@H](N)Cc1ccc(O)cc1. The number of carbonyl (C=O) groups excluding carboxylic acids is 2. The maximum Gasteiger partial charge on any atom is 0.241 e. The Bertz CT molecular complexity index is 485. The molecule has 0 aliphatic rings. The Hall–Kier alpha value is -2.08. The smallest absolute Gasteiger partial charge is 0.241 e. The van der Waals surface area contributed by atoms with Gasteiger partial charge < -0.3 is 20.6 Å². The van der Waals surface area contributed by atoms with Gasteiger partial charge in [-0.1, -0.05) is 12.1 Å². The van der Waals surface area contributed by atoms with Crippen molar-refractivity contribution in [3.63, 3.8) is 0 Å². The number of likely N-dealkylation sites (N-methyl/N-ethyl adjacent to an activating group) is 2. The molecule has 2 amide bonds. The van der Waals surface area contributed by atoms with Crippen molar-refractivity contribution in [2.75, 3.05) is 27.2 Å². The number of amides is 2. The van der Waals surface area contributed by atoms with Crippen LogP contribution in [-0.4, -0.2) is 59.9 Å². The molecule has 6 heteroatoms. The molecule has 1 rings (SSSR count). The average Bonchev–Trinajstić information content (AvgIpc) is 2.45. The van der Waals surface area contributed by atoms with Crippen LogP contribution >= 0.6 is 0 Å². The van der Waals surface area contributed by atoms with Crippen molar-refractivity contribution >= 4 is 11.8 Å². The summed E-state index contributed by atoms with van der Waals surface area (Å²) in [6.45, 7) is 2.28. The zero-order valence-electron chi connectivity index (χ0n) is 12.7. The van der Waals surface area contributed by atoms with Crippen LogP contribution in [0.25, 0.3) is 0 Å². The number of nitrogens with zero attached hydrogens (tertiary/aromatic N) is 2. The lowest BCUT2D eigenvalue weighted by molar-refractivity contribution is -0.139. The van der Waals surface area contributed by atoms with Crippen LogP contribution in [-0.2, 0) is 16.0 Å². The molecular formula is C15H23N3O3. The molecule has 1 aromatic carbocycles. The molecule has 0 saturated carbocycles. The Kier molecular flexibility index (Phi) is 6.17. The molecule has 21 heavy (non-hydrogen) atoms. The standard InChI is InChI=1S/C15H23N3O3/c1-4-18(10-14(20)17(2)3)15(21)13(16)9-11-5-7-12(19)8-6-11/h5-8,13,19H,4,9-10,16H2,1-3H3/t13-/m0/s1. The summed E-state index contributed by atoms with van der Waals surface area (Å²) >= 11 is 0. The molecular weight excluding hydrogens is 270 g/mol. The van der Waals surface area contributed by atoms with Crippen molar-refractivity contribution in [2.24, 2.45) is 5.73 Å². The van der Waals surface area contributed by atoms with E-state index >= 15 is 0 Å². The predicted octanol–water partition coefficient (Wildman–Crippen LogP) is 0.199. The van der Waals surface area contributed by atoms with Crippen LogP contribution in [0.1, 0.15) is 12.5 Å². The van der Waals surface area contributed by atoms with Crippen LogP contribution in [0.15, 0.2) is 24.3 Å². The molecule has 0 bridgehead atoms. The number of hydrogen-bond acceptors (Lipinski definition) is 4. The van der Waals surface area contributed by atoms with Crippen LogP contribution in [0.4, 0.5) is 0 Å². The Balaban J connectivity index is 2.66. The van der Waals surface area contributed by atoms with E-state index in [9.17, 15) is 14.7 Å². The first-order valence-corrected chi connectivity index (χ1v) is 6.87. The molecule has 0 saturated heterocycles. The first kappa shape index (κ1) is 17.0. The Morgan fingerprint density at radius 3 is 2.29 bits per heavy atom. The largest absolute Gasteiger partial charge is 0.508 e. The molecule has 0 unspecified atom stereocenters. The van der Waals surface area contributed by atoms with E-state index in [1.807, 2.05) is 6.92 Å². The van der Waals surface area contributed by atoms with Gasteiger partial charge >= 0.3 is 0 Å². The van der Waals surface area contributed by atoms with Crippen LogP contribution < -0.4 is 5.73 Å². The van der Waals surface area contributed by atoms with Crippen molar-refractivity contribution in [1.29, 1.82) is 0 Å². The van der Waals surface area contributed by atoms with Crippen LogP contribution in [0.3, 0.4) is 0 Å². The fourth-order valence-electron chi connectivity index (χ4n) is 1.86. The molecule has 1 aromatic rings. The first-order chi connectivity index (χ1) is 9.85. The Morgan fingerprint density at radius 2 is 1.81 bits per heavy atom. The zero-order chi connectivity index (χ0) is 16.0. The number of hydrogen-bond donors (Lipinski definition) is 2. The summed E-state index contributed by atoms with van der Waals surface area (Å²) in [7, 11) is 3.30. The minimum absolute atomic E-state index is 0.0333. The lowest BCUT2D eigenvalue weighted by Gasteiger charge is -2.25. The van der Waals surface area contributed by atoms with Gasteiger partial charge in [-0.3, -0.25) is 9.59 Å². The molecule has 1 atom stereocenters. The third-order valence-electron chi connectivity index (χ3n) is 3.23. The van der Waals surface area contributed by atoms with E-state index in [0.29, 0.717) is 13.0 Å². The highest BCUT2D eigenvalue weighted by Crippen LogP contribution is 2.11. The maximum atomic E-state index is 12.3. The average molecular weight is 293 g/mol. The van der Waals surface area contributed by atoms with E-state index in [0.717, 1.165) is 5.56 Å². The summed E-state index contributed by atoms with van der Waals surface area (Å²) in [6.07, 6.45) is 0.367.